The summed E-state index contributed by atoms with van der Waals surface area (Å²) >= 11 is 4.44. The van der Waals surface area contributed by atoms with Crippen molar-refractivity contribution in [2.75, 3.05) is 18.7 Å². The van der Waals surface area contributed by atoms with E-state index in [1.165, 1.54) is 11.3 Å². The van der Waals surface area contributed by atoms with E-state index >= 15 is 0 Å². The molecule has 4 nitrogen and oxygen atoms in total. The highest BCUT2D eigenvalue weighted by Crippen LogP contribution is 2.40. The molecule has 2 heterocycles. The van der Waals surface area contributed by atoms with Crippen molar-refractivity contribution in [2.45, 2.75) is 0 Å². The van der Waals surface area contributed by atoms with E-state index in [9.17, 15) is 4.79 Å². The van der Waals surface area contributed by atoms with Gasteiger partial charge in [0, 0.05) is 10.7 Å². The summed E-state index contributed by atoms with van der Waals surface area (Å²) < 4.78 is 15.2. The summed E-state index contributed by atoms with van der Waals surface area (Å²) in [6.07, 6.45) is 0. The van der Waals surface area contributed by atoms with Crippen LogP contribution in [0.2, 0.25) is 0 Å². The number of esters is 1. The lowest BCUT2D eigenvalue weighted by atomic mass is 10.4. The van der Waals surface area contributed by atoms with E-state index in [1.54, 1.807) is 5.38 Å². The largest absolute Gasteiger partial charge is 0.461 e. The van der Waals surface area contributed by atoms with E-state index in [2.05, 4.69) is 15.9 Å². The fourth-order valence-electron chi connectivity index (χ4n) is 1.06. The zero-order valence-corrected chi connectivity index (χ0v) is 9.52. The van der Waals surface area contributed by atoms with Gasteiger partial charge in [-0.2, -0.15) is 0 Å². The molecule has 0 spiro atoms. The second-order valence-corrected chi connectivity index (χ2v) is 4.16. The Hall–Kier alpha value is -0.750. The third-order valence-corrected chi connectivity index (χ3v) is 2.87. The van der Waals surface area contributed by atoms with Gasteiger partial charge in [0.1, 0.15) is 6.61 Å². The Bertz CT molecular complexity index is 349. The van der Waals surface area contributed by atoms with Crippen LogP contribution in [0, 0.1) is 0 Å². The number of fused-ring (bicyclic) bond motifs is 1. The molecule has 0 unspecified atom stereocenters. The van der Waals surface area contributed by atoms with Crippen molar-refractivity contribution in [1.29, 1.82) is 0 Å². The highest BCUT2D eigenvalue weighted by Gasteiger charge is 2.25. The molecule has 0 aromatic carbocycles. The first-order chi connectivity index (χ1) is 6.83. The maximum Gasteiger partial charge on any atom is 0.352 e. The number of ether oxygens (including phenoxy) is 3. The van der Waals surface area contributed by atoms with Crippen molar-refractivity contribution < 1.29 is 19.0 Å². The second kappa shape index (κ2) is 4.18. The first kappa shape index (κ1) is 9.79. The van der Waals surface area contributed by atoms with Gasteiger partial charge in [0.15, 0.2) is 16.4 Å². The van der Waals surface area contributed by atoms with Gasteiger partial charge in [-0.3, -0.25) is 0 Å². The van der Waals surface area contributed by atoms with Crippen LogP contribution in [0.3, 0.4) is 0 Å². The molecule has 76 valence electrons. The molecule has 2 rings (SSSR count). The van der Waals surface area contributed by atoms with Gasteiger partial charge in [-0.05, 0) is 0 Å². The number of rotatable bonds is 3. The van der Waals surface area contributed by atoms with Gasteiger partial charge in [0.2, 0.25) is 6.79 Å². The molecule has 1 aliphatic rings. The monoisotopic (exact) mass is 278 g/mol. The summed E-state index contributed by atoms with van der Waals surface area (Å²) in [6.45, 7) is 0.531. The minimum atomic E-state index is -0.360. The van der Waals surface area contributed by atoms with Crippen LogP contribution < -0.4 is 9.47 Å². The van der Waals surface area contributed by atoms with Gasteiger partial charge < -0.3 is 14.2 Å². The van der Waals surface area contributed by atoms with Crippen LogP contribution >= 0.6 is 27.3 Å². The molecule has 0 fully saturated rings. The van der Waals surface area contributed by atoms with Crippen molar-refractivity contribution in [3.05, 3.63) is 10.3 Å². The SMILES string of the molecule is O=C(OCCBr)c1scc2c1OCO2. The Kier molecular flexibility index (Phi) is 2.93. The fraction of sp³-hybridized carbons (Fsp3) is 0.375. The first-order valence-corrected chi connectivity index (χ1v) is 5.93. The molecular formula is C8H7BrO4S. The van der Waals surface area contributed by atoms with Crippen LogP contribution in [0.1, 0.15) is 9.67 Å². The maximum absolute atomic E-state index is 11.5. The standard InChI is InChI=1S/C8H7BrO4S/c9-1-2-11-8(10)7-6-5(3-14-7)12-4-13-6/h3H,1-2,4H2. The highest BCUT2D eigenvalue weighted by molar-refractivity contribution is 9.09. The van der Waals surface area contributed by atoms with Crippen molar-refractivity contribution in [2.24, 2.45) is 0 Å². The molecule has 1 aromatic rings. The number of hydrogen-bond donors (Lipinski definition) is 0. The molecule has 14 heavy (non-hydrogen) atoms. The highest BCUT2D eigenvalue weighted by atomic mass is 79.9. The maximum atomic E-state index is 11.5. The molecular weight excluding hydrogens is 272 g/mol. The Labute approximate surface area is 92.9 Å². The second-order valence-electron chi connectivity index (χ2n) is 2.49. The van der Waals surface area contributed by atoms with Crippen molar-refractivity contribution >= 4 is 33.2 Å². The summed E-state index contributed by atoms with van der Waals surface area (Å²) in [5.41, 5.74) is 0. The van der Waals surface area contributed by atoms with E-state index < -0.39 is 0 Å². The average Bonchev–Trinajstić information content (AvgIpc) is 2.74. The zero-order chi connectivity index (χ0) is 9.97. The molecule has 1 aromatic heterocycles. The molecule has 0 saturated heterocycles. The summed E-state index contributed by atoms with van der Waals surface area (Å²) in [7, 11) is 0. The predicted octanol–water partition coefficient (Wildman–Crippen LogP) is 2.03. The first-order valence-electron chi connectivity index (χ1n) is 3.93. The van der Waals surface area contributed by atoms with Crippen molar-refractivity contribution in [1.82, 2.24) is 0 Å². The van der Waals surface area contributed by atoms with Crippen molar-refractivity contribution in [3.63, 3.8) is 0 Å². The van der Waals surface area contributed by atoms with Gasteiger partial charge in [-0.1, -0.05) is 15.9 Å². The Morgan fingerprint density at radius 3 is 3.29 bits per heavy atom. The van der Waals surface area contributed by atoms with Gasteiger partial charge in [0.05, 0.1) is 0 Å². The lowest BCUT2D eigenvalue weighted by Gasteiger charge is -2.00. The number of halogens is 1. The van der Waals surface area contributed by atoms with Gasteiger partial charge in [0.25, 0.3) is 0 Å². The Morgan fingerprint density at radius 2 is 2.50 bits per heavy atom. The summed E-state index contributed by atoms with van der Waals surface area (Å²) in [5, 5.41) is 2.37. The molecule has 6 heteroatoms. The van der Waals surface area contributed by atoms with E-state index in [0.717, 1.165) is 0 Å². The third-order valence-electron chi connectivity index (χ3n) is 1.63. The van der Waals surface area contributed by atoms with Crippen LogP contribution in [0.15, 0.2) is 5.38 Å². The quantitative estimate of drug-likeness (QED) is 0.627. The van der Waals surface area contributed by atoms with Crippen LogP contribution in [-0.2, 0) is 4.74 Å². The number of thiophene rings is 1. The average molecular weight is 279 g/mol. The van der Waals surface area contributed by atoms with Gasteiger partial charge >= 0.3 is 5.97 Å². The Balaban J connectivity index is 2.12. The van der Waals surface area contributed by atoms with E-state index in [-0.39, 0.29) is 12.8 Å². The number of carbonyl (C=O) groups excluding carboxylic acids is 1. The van der Waals surface area contributed by atoms with Gasteiger partial charge in [-0.25, -0.2) is 4.79 Å². The number of alkyl halides is 1. The smallest absolute Gasteiger partial charge is 0.352 e. The lowest BCUT2D eigenvalue weighted by Crippen LogP contribution is -2.06. The molecule has 0 saturated carbocycles. The molecule has 0 aliphatic carbocycles. The van der Waals surface area contributed by atoms with Gasteiger partial charge in [-0.15, -0.1) is 11.3 Å². The molecule has 0 N–H and O–H groups in total. The van der Waals surface area contributed by atoms with Crippen LogP contribution in [0.5, 0.6) is 11.5 Å². The fourth-order valence-corrected chi connectivity index (χ4v) is 2.04. The van der Waals surface area contributed by atoms with Crippen molar-refractivity contribution in [3.8, 4) is 11.5 Å². The number of carbonyl (C=O) groups is 1. The van der Waals surface area contributed by atoms with E-state index in [1.807, 2.05) is 0 Å². The van der Waals surface area contributed by atoms with Crippen LogP contribution in [0.25, 0.3) is 0 Å². The molecule has 0 atom stereocenters. The van der Waals surface area contributed by atoms with E-state index in [0.29, 0.717) is 28.3 Å². The summed E-state index contributed by atoms with van der Waals surface area (Å²) in [5.74, 6) is 0.775. The molecule has 0 amide bonds. The Morgan fingerprint density at radius 1 is 1.64 bits per heavy atom. The zero-order valence-electron chi connectivity index (χ0n) is 7.12. The van der Waals surface area contributed by atoms with Crippen LogP contribution in [0.4, 0.5) is 0 Å². The van der Waals surface area contributed by atoms with Crippen LogP contribution in [-0.4, -0.2) is 24.7 Å². The predicted molar refractivity (Wildman–Crippen MR) is 54.5 cm³/mol. The van der Waals surface area contributed by atoms with E-state index in [4.69, 9.17) is 14.2 Å². The minimum absolute atomic E-state index is 0.178. The third kappa shape index (κ3) is 1.72. The topological polar surface area (TPSA) is 44.8 Å². The minimum Gasteiger partial charge on any atom is -0.461 e. The number of hydrogen-bond acceptors (Lipinski definition) is 5. The molecule has 1 aliphatic heterocycles. The molecule has 0 radical (unpaired) electrons. The summed E-state index contributed by atoms with van der Waals surface area (Å²) in [4.78, 5) is 11.9. The summed E-state index contributed by atoms with van der Waals surface area (Å²) in [6, 6.07) is 0. The normalized spacial score (nSPS) is 12.9. The lowest BCUT2D eigenvalue weighted by molar-refractivity contribution is 0.0532. The molecule has 0 bridgehead atoms.